The van der Waals surface area contributed by atoms with Crippen LogP contribution in [-0.2, 0) is 24.9 Å². The second-order valence-electron chi connectivity index (χ2n) is 9.06. The van der Waals surface area contributed by atoms with E-state index in [2.05, 4.69) is 53.5 Å². The van der Waals surface area contributed by atoms with Gasteiger partial charge in [-0.3, -0.25) is 4.79 Å². The molecule has 0 spiro atoms. The number of fused-ring (bicyclic) bond motifs is 2. The highest BCUT2D eigenvalue weighted by molar-refractivity contribution is 7.14. The van der Waals surface area contributed by atoms with E-state index in [-0.39, 0.29) is 11.0 Å². The zero-order valence-corrected chi connectivity index (χ0v) is 19.6. The van der Waals surface area contributed by atoms with Crippen molar-refractivity contribution in [2.24, 2.45) is 0 Å². The Morgan fingerprint density at radius 2 is 2.03 bits per heavy atom. The van der Waals surface area contributed by atoms with Crippen LogP contribution in [0, 0.1) is 0 Å². The molecule has 4 aromatic rings. The van der Waals surface area contributed by atoms with Gasteiger partial charge in [0.05, 0.1) is 0 Å². The summed E-state index contributed by atoms with van der Waals surface area (Å²) in [4.78, 5) is 27.9. The fourth-order valence-corrected chi connectivity index (χ4v) is 4.95. The van der Waals surface area contributed by atoms with Gasteiger partial charge in [-0.1, -0.05) is 38.2 Å². The highest BCUT2D eigenvalue weighted by Crippen LogP contribution is 2.30. The third-order valence-electron chi connectivity index (χ3n) is 5.74. The van der Waals surface area contributed by atoms with Crippen molar-refractivity contribution in [3.63, 3.8) is 0 Å². The van der Waals surface area contributed by atoms with E-state index in [4.69, 9.17) is 4.98 Å². The lowest BCUT2D eigenvalue weighted by molar-refractivity contribution is 0.573. The fourth-order valence-electron chi connectivity index (χ4n) is 3.96. The number of aromatic nitrogens is 5. The van der Waals surface area contributed by atoms with Crippen LogP contribution in [0.4, 0.5) is 11.6 Å². The van der Waals surface area contributed by atoms with Gasteiger partial charge in [0.2, 0.25) is 11.1 Å². The molecule has 0 aliphatic carbocycles. The van der Waals surface area contributed by atoms with E-state index in [0.717, 1.165) is 35.2 Å². The molecule has 4 heterocycles. The van der Waals surface area contributed by atoms with Gasteiger partial charge in [0.25, 0.3) is 5.56 Å². The average molecular weight is 450 g/mol. The molecule has 9 heteroatoms. The number of hydrogen-bond acceptors (Lipinski definition) is 7. The van der Waals surface area contributed by atoms with Crippen LogP contribution in [0.1, 0.15) is 43.7 Å². The van der Waals surface area contributed by atoms with Crippen molar-refractivity contribution in [2.75, 3.05) is 11.9 Å². The van der Waals surface area contributed by atoms with E-state index in [9.17, 15) is 4.79 Å². The summed E-state index contributed by atoms with van der Waals surface area (Å²) < 4.78 is 3.49. The summed E-state index contributed by atoms with van der Waals surface area (Å²) in [6, 6.07) is 6.33. The first-order chi connectivity index (χ1) is 15.3. The Hall–Kier alpha value is -3.04. The predicted molar refractivity (Wildman–Crippen MR) is 128 cm³/mol. The number of hydrogen-bond donors (Lipinski definition) is 2. The van der Waals surface area contributed by atoms with Crippen LogP contribution >= 0.6 is 11.3 Å². The molecular formula is C23H27N7OS. The Kier molecular flexibility index (Phi) is 5.10. The van der Waals surface area contributed by atoms with E-state index < -0.39 is 0 Å². The lowest BCUT2D eigenvalue weighted by Crippen LogP contribution is -2.23. The first kappa shape index (κ1) is 20.8. The van der Waals surface area contributed by atoms with E-state index in [0.29, 0.717) is 23.5 Å². The molecule has 1 aromatic carbocycles. The molecule has 0 atom stereocenters. The number of thiazole rings is 1. The molecule has 0 fully saturated rings. The molecule has 0 unspecified atom stereocenters. The summed E-state index contributed by atoms with van der Waals surface area (Å²) in [7, 11) is 0. The molecule has 5 rings (SSSR count). The quantitative estimate of drug-likeness (QED) is 0.493. The van der Waals surface area contributed by atoms with Gasteiger partial charge in [-0.15, -0.1) is 0 Å². The summed E-state index contributed by atoms with van der Waals surface area (Å²) in [5, 5.41) is 7.93. The van der Waals surface area contributed by atoms with Crippen LogP contribution in [0.2, 0.25) is 0 Å². The monoisotopic (exact) mass is 449 g/mol. The molecular weight excluding hydrogens is 422 g/mol. The van der Waals surface area contributed by atoms with E-state index in [1.54, 1.807) is 22.2 Å². The van der Waals surface area contributed by atoms with Crippen molar-refractivity contribution in [3.8, 4) is 5.13 Å². The first-order valence-electron chi connectivity index (χ1n) is 10.9. The minimum absolute atomic E-state index is 0.0140. The molecule has 32 heavy (non-hydrogen) atoms. The Balaban J connectivity index is 1.58. The van der Waals surface area contributed by atoms with Gasteiger partial charge in [0.15, 0.2) is 5.65 Å². The number of rotatable bonds is 4. The summed E-state index contributed by atoms with van der Waals surface area (Å²) >= 11 is 1.58. The molecule has 166 valence electrons. The van der Waals surface area contributed by atoms with Crippen molar-refractivity contribution < 1.29 is 0 Å². The maximum atomic E-state index is 13.0. The maximum absolute atomic E-state index is 13.0. The molecule has 8 nitrogen and oxygen atoms in total. The first-order valence-corrected chi connectivity index (χ1v) is 11.7. The average Bonchev–Trinajstić information content (AvgIpc) is 3.36. The number of anilines is 2. The van der Waals surface area contributed by atoms with Crippen molar-refractivity contribution in [2.45, 2.75) is 52.6 Å². The normalized spacial score (nSPS) is 14.0. The molecule has 2 N–H and O–H groups in total. The minimum Gasteiger partial charge on any atom is -0.324 e. The standard InChI is InChI=1S/C23H27N7OS/c1-5-29-20(31)17-12-25-21(27-16-7-6-15-11-24-9-8-14(15)10-16)28-19(17)30(29)22-26-13-18(32-22)23(2,3)4/h6-7,10,12-13,24H,5,8-9,11H2,1-4H3,(H,25,27,28). The summed E-state index contributed by atoms with van der Waals surface area (Å²) in [6.07, 6.45) is 4.50. The van der Waals surface area contributed by atoms with Crippen molar-refractivity contribution in [1.82, 2.24) is 29.6 Å². The van der Waals surface area contributed by atoms with E-state index in [1.165, 1.54) is 11.1 Å². The van der Waals surface area contributed by atoms with E-state index >= 15 is 0 Å². The van der Waals surface area contributed by atoms with Crippen LogP contribution in [0.15, 0.2) is 35.4 Å². The molecule has 1 aliphatic rings. The van der Waals surface area contributed by atoms with Crippen LogP contribution in [-0.4, -0.2) is 30.9 Å². The Bertz CT molecular complexity index is 1360. The minimum atomic E-state index is -0.108. The maximum Gasteiger partial charge on any atom is 0.278 e. The van der Waals surface area contributed by atoms with Gasteiger partial charge < -0.3 is 10.6 Å². The molecule has 0 radical (unpaired) electrons. The number of benzene rings is 1. The topological polar surface area (TPSA) is 89.7 Å². The summed E-state index contributed by atoms with van der Waals surface area (Å²) in [6.45, 7) is 10.8. The lowest BCUT2D eigenvalue weighted by Gasteiger charge is -2.18. The molecule has 0 amide bonds. The number of nitrogens with zero attached hydrogens (tertiary/aromatic N) is 5. The second-order valence-corrected chi connectivity index (χ2v) is 10.1. The molecule has 0 bridgehead atoms. The van der Waals surface area contributed by atoms with Gasteiger partial charge in [-0.05, 0) is 48.6 Å². The van der Waals surface area contributed by atoms with Crippen LogP contribution in [0.5, 0.6) is 0 Å². The SMILES string of the molecule is CCn1c(=O)c2cnc(Nc3ccc4c(c3)CCNC4)nc2n1-c1ncc(C(C)(C)C)s1. The van der Waals surface area contributed by atoms with Crippen LogP contribution < -0.4 is 16.2 Å². The third kappa shape index (κ3) is 3.61. The second kappa shape index (κ2) is 7.83. The van der Waals surface area contributed by atoms with Gasteiger partial charge in [-0.25, -0.2) is 19.3 Å². The van der Waals surface area contributed by atoms with Gasteiger partial charge in [0.1, 0.15) is 5.39 Å². The zero-order chi connectivity index (χ0) is 22.5. The van der Waals surface area contributed by atoms with E-state index in [1.807, 2.05) is 23.9 Å². The van der Waals surface area contributed by atoms with Crippen LogP contribution in [0.25, 0.3) is 16.2 Å². The highest BCUT2D eigenvalue weighted by Gasteiger charge is 2.22. The van der Waals surface area contributed by atoms with Crippen molar-refractivity contribution in [3.05, 3.63) is 57.0 Å². The largest absolute Gasteiger partial charge is 0.324 e. The predicted octanol–water partition coefficient (Wildman–Crippen LogP) is 3.75. The Morgan fingerprint density at radius 3 is 2.78 bits per heavy atom. The molecule has 1 aliphatic heterocycles. The van der Waals surface area contributed by atoms with Gasteiger partial charge >= 0.3 is 0 Å². The summed E-state index contributed by atoms with van der Waals surface area (Å²) in [5.41, 5.74) is 4.04. The smallest absolute Gasteiger partial charge is 0.278 e. The molecule has 0 saturated heterocycles. The van der Waals surface area contributed by atoms with Gasteiger partial charge in [0, 0.05) is 36.0 Å². The van der Waals surface area contributed by atoms with Crippen molar-refractivity contribution in [1.29, 1.82) is 0 Å². The fraction of sp³-hybridized carbons (Fsp3) is 0.391. The Morgan fingerprint density at radius 1 is 1.19 bits per heavy atom. The highest BCUT2D eigenvalue weighted by atomic mass is 32.1. The molecule has 0 saturated carbocycles. The summed E-state index contributed by atoms with van der Waals surface area (Å²) in [5.74, 6) is 0.459. The number of nitrogens with one attached hydrogen (secondary N) is 2. The Labute approximate surface area is 190 Å². The van der Waals surface area contributed by atoms with Crippen molar-refractivity contribution >= 4 is 34.0 Å². The lowest BCUT2D eigenvalue weighted by atomic mass is 9.96. The zero-order valence-electron chi connectivity index (χ0n) is 18.8. The van der Waals surface area contributed by atoms with Gasteiger partial charge in [-0.2, -0.15) is 4.98 Å². The van der Waals surface area contributed by atoms with Crippen LogP contribution in [0.3, 0.4) is 0 Å². The molecule has 3 aromatic heterocycles. The third-order valence-corrected chi connectivity index (χ3v) is 7.14.